The zero-order valence-corrected chi connectivity index (χ0v) is 26.9. The van der Waals surface area contributed by atoms with Crippen molar-refractivity contribution in [1.82, 2.24) is 29.7 Å². The first kappa shape index (κ1) is 31.8. The number of nitrogens with two attached hydrogens (primary N) is 1. The number of amides is 2. The summed E-state index contributed by atoms with van der Waals surface area (Å²) in [5.74, 6) is -4.14. The van der Waals surface area contributed by atoms with Gasteiger partial charge in [-0.25, -0.2) is 28.4 Å². The highest BCUT2D eigenvalue weighted by molar-refractivity contribution is 6.09. The second kappa shape index (κ2) is 11.3. The Kier molecular flexibility index (Phi) is 7.17. The van der Waals surface area contributed by atoms with E-state index in [1.54, 1.807) is 36.9 Å². The van der Waals surface area contributed by atoms with Gasteiger partial charge >= 0.3 is 12.0 Å². The van der Waals surface area contributed by atoms with Gasteiger partial charge < -0.3 is 10.5 Å². The maximum absolute atomic E-state index is 15.4. The third kappa shape index (κ3) is 5.13. The van der Waals surface area contributed by atoms with E-state index in [0.717, 1.165) is 36.3 Å². The van der Waals surface area contributed by atoms with Crippen molar-refractivity contribution in [3.05, 3.63) is 89.5 Å². The Balaban J connectivity index is 1.32. The summed E-state index contributed by atoms with van der Waals surface area (Å²) < 4.78 is 65.1. The molecule has 11 nitrogen and oxygen atoms in total. The lowest BCUT2D eigenvalue weighted by atomic mass is 9.92. The molecule has 2 N–H and O–H groups in total. The molecule has 3 aliphatic rings. The van der Waals surface area contributed by atoms with Gasteiger partial charge in [-0.3, -0.25) is 19.5 Å². The van der Waals surface area contributed by atoms with Gasteiger partial charge in [-0.2, -0.15) is 13.9 Å². The third-order valence-electron chi connectivity index (χ3n) is 9.58. The SMILES string of the molecule is CC(C)[C@@H](c1ncc(F)cn1)N1C(=O)C(F)(F)Oc2cc(-c3c(C(N)=O)c(CC4CC4)nc4c3cnn4C3(c4ccc(F)cn4)CC3)ccc21. The van der Waals surface area contributed by atoms with Crippen LogP contribution in [0, 0.1) is 23.5 Å². The van der Waals surface area contributed by atoms with Gasteiger partial charge in [-0.15, -0.1) is 0 Å². The predicted octanol–water partition coefficient (Wildman–Crippen LogP) is 5.87. The molecule has 1 aromatic carbocycles. The molecule has 50 heavy (non-hydrogen) atoms. The summed E-state index contributed by atoms with van der Waals surface area (Å²) in [7, 11) is 0. The number of ether oxygens (including phenoxy) is 1. The molecule has 0 saturated heterocycles. The van der Waals surface area contributed by atoms with Crippen molar-refractivity contribution in [2.75, 3.05) is 4.90 Å². The zero-order chi connectivity index (χ0) is 35.1. The number of anilines is 1. The monoisotopic (exact) mass is 686 g/mol. The average molecular weight is 687 g/mol. The van der Waals surface area contributed by atoms with Crippen molar-refractivity contribution in [3.8, 4) is 16.9 Å². The van der Waals surface area contributed by atoms with E-state index in [9.17, 15) is 18.4 Å². The van der Waals surface area contributed by atoms with E-state index >= 15 is 8.78 Å². The van der Waals surface area contributed by atoms with E-state index < -0.39 is 47.1 Å². The molecular weight excluding hydrogens is 656 g/mol. The molecule has 256 valence electrons. The molecule has 1 atom stereocenters. The topological polar surface area (TPSA) is 142 Å². The highest BCUT2D eigenvalue weighted by Gasteiger charge is 2.54. The maximum atomic E-state index is 15.4. The number of alkyl halides is 2. The van der Waals surface area contributed by atoms with Crippen LogP contribution >= 0.6 is 0 Å². The Morgan fingerprint density at radius 1 is 1.02 bits per heavy atom. The van der Waals surface area contributed by atoms with E-state index in [1.807, 2.05) is 0 Å². The van der Waals surface area contributed by atoms with Gasteiger partial charge in [-0.05, 0) is 73.8 Å². The summed E-state index contributed by atoms with van der Waals surface area (Å²) in [5.41, 5.74) is 7.58. The second-order valence-corrected chi connectivity index (χ2v) is 13.4. The zero-order valence-electron chi connectivity index (χ0n) is 26.9. The van der Waals surface area contributed by atoms with Crippen LogP contribution in [0.2, 0.25) is 0 Å². The quantitative estimate of drug-likeness (QED) is 0.190. The van der Waals surface area contributed by atoms with Crippen LogP contribution in [-0.2, 0) is 16.8 Å². The minimum atomic E-state index is -4.28. The highest BCUT2D eigenvalue weighted by Crippen LogP contribution is 2.51. The third-order valence-corrected chi connectivity index (χ3v) is 9.58. The first-order valence-corrected chi connectivity index (χ1v) is 16.2. The van der Waals surface area contributed by atoms with Gasteiger partial charge in [0.25, 0.3) is 5.91 Å². The number of rotatable bonds is 9. The second-order valence-electron chi connectivity index (χ2n) is 13.4. The van der Waals surface area contributed by atoms with Crippen LogP contribution in [0.1, 0.15) is 73.1 Å². The number of carbonyl (C=O) groups is 2. The molecule has 2 amide bonds. The summed E-state index contributed by atoms with van der Waals surface area (Å²) in [4.78, 5) is 44.6. The summed E-state index contributed by atoms with van der Waals surface area (Å²) >= 11 is 0. The minimum absolute atomic E-state index is 0.00967. The fraction of sp³-hybridized carbons (Fsp3) is 0.343. The van der Waals surface area contributed by atoms with E-state index in [0.29, 0.717) is 58.7 Å². The number of nitrogens with zero attached hydrogens (tertiary/aromatic N) is 7. The summed E-state index contributed by atoms with van der Waals surface area (Å²) in [6, 6.07) is 6.20. The first-order valence-electron chi connectivity index (χ1n) is 16.2. The van der Waals surface area contributed by atoms with Crippen LogP contribution < -0.4 is 15.4 Å². The Bertz CT molecular complexity index is 2180. The Morgan fingerprint density at radius 2 is 1.74 bits per heavy atom. The molecule has 0 bridgehead atoms. The molecule has 5 aromatic rings. The van der Waals surface area contributed by atoms with E-state index in [1.165, 1.54) is 18.2 Å². The lowest BCUT2D eigenvalue weighted by molar-refractivity contribution is -0.193. The molecule has 15 heteroatoms. The molecule has 2 fully saturated rings. The van der Waals surface area contributed by atoms with Crippen molar-refractivity contribution >= 4 is 28.5 Å². The fourth-order valence-electron chi connectivity index (χ4n) is 6.90. The van der Waals surface area contributed by atoms with Gasteiger partial charge in [0.1, 0.15) is 11.4 Å². The van der Waals surface area contributed by atoms with Crippen molar-refractivity contribution in [2.45, 2.75) is 63.6 Å². The normalized spacial score (nSPS) is 18.2. The Labute approximate surface area is 282 Å². The number of fused-ring (bicyclic) bond motifs is 2. The molecule has 8 rings (SSSR count). The number of pyridine rings is 2. The summed E-state index contributed by atoms with van der Waals surface area (Å²) in [6.07, 6.45) is 3.92. The fourth-order valence-corrected chi connectivity index (χ4v) is 6.90. The van der Waals surface area contributed by atoms with Crippen LogP contribution in [0.3, 0.4) is 0 Å². The highest BCUT2D eigenvalue weighted by atomic mass is 19.3. The number of carbonyl (C=O) groups excluding carboxylic acids is 2. The largest absolute Gasteiger partial charge is 0.483 e. The van der Waals surface area contributed by atoms with Crippen molar-refractivity contribution in [2.24, 2.45) is 17.6 Å². The Hall–Kier alpha value is -5.47. The number of benzene rings is 1. The molecule has 0 radical (unpaired) electrons. The van der Waals surface area contributed by atoms with E-state index in [2.05, 4.69) is 20.1 Å². The first-order chi connectivity index (χ1) is 23.9. The number of halogens is 4. The number of hydrogen-bond acceptors (Lipinski definition) is 8. The van der Waals surface area contributed by atoms with Crippen molar-refractivity contribution in [1.29, 1.82) is 0 Å². The van der Waals surface area contributed by atoms with Crippen LogP contribution in [0.15, 0.2) is 55.1 Å². The van der Waals surface area contributed by atoms with Crippen molar-refractivity contribution < 1.29 is 31.9 Å². The van der Waals surface area contributed by atoms with Gasteiger partial charge in [0, 0.05) is 10.9 Å². The molecule has 2 aliphatic carbocycles. The molecule has 2 saturated carbocycles. The van der Waals surface area contributed by atoms with Crippen LogP contribution in [0.5, 0.6) is 5.75 Å². The maximum Gasteiger partial charge on any atom is 0.483 e. The number of primary amides is 1. The van der Waals surface area contributed by atoms with Gasteiger partial charge in [0.15, 0.2) is 23.0 Å². The molecule has 1 aliphatic heterocycles. The lowest BCUT2D eigenvalue weighted by Gasteiger charge is -2.39. The molecular formula is C35H30F4N8O3. The van der Waals surface area contributed by atoms with E-state index in [4.69, 9.17) is 15.5 Å². The standard InChI is InChI=1S/C35H30F4N8O3/c1-17(2)29(31-42-14-21(37)15-43-31)46-24-7-5-19(12-25(24)50-35(38,39)33(46)49)27-22-16-44-47(34(9-10-34)26-8-6-20(36)13-41-26)32(22)45-23(11-18-3-4-18)28(27)30(40)48/h5-8,12-18,29H,3-4,9-11H2,1-2H3,(H2,40,48)/t29-/m0/s1. The smallest absolute Gasteiger partial charge is 0.423 e. The van der Waals surface area contributed by atoms with Gasteiger partial charge in [-0.1, -0.05) is 19.9 Å². The summed E-state index contributed by atoms with van der Waals surface area (Å²) in [6.45, 7) is 3.40. The van der Waals surface area contributed by atoms with Crippen LogP contribution in [-0.4, -0.2) is 47.6 Å². The predicted molar refractivity (Wildman–Crippen MR) is 171 cm³/mol. The average Bonchev–Trinajstić information content (AvgIpc) is 4.01. The molecule has 0 unspecified atom stereocenters. The molecule has 5 heterocycles. The van der Waals surface area contributed by atoms with E-state index in [-0.39, 0.29) is 22.8 Å². The minimum Gasteiger partial charge on any atom is -0.423 e. The van der Waals surface area contributed by atoms with Crippen molar-refractivity contribution in [3.63, 3.8) is 0 Å². The molecule has 0 spiro atoms. The lowest BCUT2D eigenvalue weighted by Crippen LogP contribution is -2.53. The number of hydrogen-bond donors (Lipinski definition) is 1. The van der Waals surface area contributed by atoms with Gasteiger partial charge in [0.05, 0.1) is 53.5 Å². The van der Waals surface area contributed by atoms with Crippen LogP contribution in [0.4, 0.5) is 23.2 Å². The van der Waals surface area contributed by atoms with Crippen LogP contribution in [0.25, 0.3) is 22.2 Å². The number of aromatic nitrogens is 6. The Morgan fingerprint density at radius 3 is 2.36 bits per heavy atom. The van der Waals surface area contributed by atoms with Gasteiger partial charge in [0.2, 0.25) is 0 Å². The molecule has 4 aromatic heterocycles. The summed E-state index contributed by atoms with van der Waals surface area (Å²) in [5, 5.41) is 5.12.